The zero-order chi connectivity index (χ0) is 11.4. The van der Waals surface area contributed by atoms with Crippen LogP contribution in [0, 0.1) is 5.92 Å². The van der Waals surface area contributed by atoms with Crippen molar-refractivity contribution in [2.75, 3.05) is 13.6 Å². The van der Waals surface area contributed by atoms with E-state index in [0.717, 1.165) is 12.3 Å². The molecule has 5 heteroatoms. The summed E-state index contributed by atoms with van der Waals surface area (Å²) in [5, 5.41) is 11.4. The van der Waals surface area contributed by atoms with Gasteiger partial charge in [0.15, 0.2) is 0 Å². The molecule has 2 N–H and O–H groups in total. The Morgan fingerprint density at radius 1 is 1.53 bits per heavy atom. The predicted octanol–water partition coefficient (Wildman–Crippen LogP) is 0.901. The van der Waals surface area contributed by atoms with Gasteiger partial charge in [-0.05, 0) is 19.3 Å². The van der Waals surface area contributed by atoms with Crippen molar-refractivity contribution in [2.24, 2.45) is 5.92 Å². The first-order chi connectivity index (χ1) is 7.02. The maximum atomic E-state index is 11.4. The van der Waals surface area contributed by atoms with Gasteiger partial charge < -0.3 is 15.3 Å². The quantitative estimate of drug-likeness (QED) is 0.714. The Morgan fingerprint density at radius 2 is 2.13 bits per heavy atom. The highest BCUT2D eigenvalue weighted by Gasteiger charge is 2.23. The van der Waals surface area contributed by atoms with Gasteiger partial charge in [0.25, 0.3) is 0 Å². The standard InChI is InChI=1S/C10H18N2O3/c1-7(9(13)14)12(2)10(15)11-6-5-8-3-4-8/h7-8H,3-6H2,1-2H3,(H,11,15)(H,13,14). The molecule has 1 aliphatic rings. The summed E-state index contributed by atoms with van der Waals surface area (Å²) >= 11 is 0. The maximum absolute atomic E-state index is 11.4. The summed E-state index contributed by atoms with van der Waals surface area (Å²) in [7, 11) is 1.49. The van der Waals surface area contributed by atoms with Crippen LogP contribution in [0.15, 0.2) is 0 Å². The number of carbonyl (C=O) groups is 2. The zero-order valence-corrected chi connectivity index (χ0v) is 9.19. The molecule has 0 spiro atoms. The topological polar surface area (TPSA) is 69.6 Å². The highest BCUT2D eigenvalue weighted by Crippen LogP contribution is 2.31. The molecule has 0 aromatic rings. The van der Waals surface area contributed by atoms with Gasteiger partial charge in [0, 0.05) is 13.6 Å². The molecule has 0 radical (unpaired) electrons. The van der Waals surface area contributed by atoms with E-state index < -0.39 is 12.0 Å². The second kappa shape index (κ2) is 5.00. The third kappa shape index (κ3) is 3.77. The molecule has 0 aromatic carbocycles. The Labute approximate surface area is 89.4 Å². The van der Waals surface area contributed by atoms with Crippen molar-refractivity contribution in [3.63, 3.8) is 0 Å². The van der Waals surface area contributed by atoms with Crippen LogP contribution in [-0.2, 0) is 4.79 Å². The van der Waals surface area contributed by atoms with Gasteiger partial charge in [-0.25, -0.2) is 9.59 Å². The van der Waals surface area contributed by atoms with Gasteiger partial charge in [-0.15, -0.1) is 0 Å². The first kappa shape index (κ1) is 11.8. The minimum atomic E-state index is -0.991. The molecule has 86 valence electrons. The van der Waals surface area contributed by atoms with Crippen molar-refractivity contribution in [3.8, 4) is 0 Å². The van der Waals surface area contributed by atoms with Crippen molar-refractivity contribution < 1.29 is 14.7 Å². The molecule has 15 heavy (non-hydrogen) atoms. The lowest BCUT2D eigenvalue weighted by atomic mass is 10.3. The normalized spacial score (nSPS) is 16.9. The van der Waals surface area contributed by atoms with Crippen LogP contribution < -0.4 is 5.32 Å². The Balaban J connectivity index is 2.21. The van der Waals surface area contributed by atoms with E-state index >= 15 is 0 Å². The number of carbonyl (C=O) groups excluding carboxylic acids is 1. The highest BCUT2D eigenvalue weighted by atomic mass is 16.4. The van der Waals surface area contributed by atoms with E-state index in [1.54, 1.807) is 0 Å². The molecule has 0 aliphatic heterocycles. The van der Waals surface area contributed by atoms with Gasteiger partial charge in [-0.2, -0.15) is 0 Å². The average molecular weight is 214 g/mol. The van der Waals surface area contributed by atoms with Gasteiger partial charge in [-0.3, -0.25) is 0 Å². The number of carboxylic acids is 1. The van der Waals surface area contributed by atoms with Crippen LogP contribution in [-0.4, -0.2) is 41.6 Å². The van der Waals surface area contributed by atoms with E-state index in [-0.39, 0.29) is 6.03 Å². The summed E-state index contributed by atoms with van der Waals surface area (Å²) in [6, 6.07) is -1.10. The lowest BCUT2D eigenvalue weighted by Crippen LogP contribution is -2.46. The van der Waals surface area contributed by atoms with E-state index in [0.29, 0.717) is 6.54 Å². The summed E-state index contributed by atoms with van der Waals surface area (Å²) in [6.45, 7) is 2.13. The van der Waals surface area contributed by atoms with Crippen LogP contribution in [0.25, 0.3) is 0 Å². The van der Waals surface area contributed by atoms with Gasteiger partial charge >= 0.3 is 12.0 Å². The summed E-state index contributed by atoms with van der Waals surface area (Å²) in [5.74, 6) is -0.220. The van der Waals surface area contributed by atoms with Crippen LogP contribution in [0.3, 0.4) is 0 Å². The van der Waals surface area contributed by atoms with Crippen molar-refractivity contribution in [3.05, 3.63) is 0 Å². The fraction of sp³-hybridized carbons (Fsp3) is 0.800. The van der Waals surface area contributed by atoms with Gasteiger partial charge in [0.2, 0.25) is 0 Å². The molecular formula is C10H18N2O3. The summed E-state index contributed by atoms with van der Waals surface area (Å²) in [6.07, 6.45) is 3.52. The second-order valence-electron chi connectivity index (χ2n) is 4.09. The van der Waals surface area contributed by atoms with E-state index in [4.69, 9.17) is 5.11 Å². The fourth-order valence-corrected chi connectivity index (χ4v) is 1.26. The Kier molecular flexibility index (Phi) is 3.94. The number of carboxylic acid groups (broad SMARTS) is 1. The number of urea groups is 1. The van der Waals surface area contributed by atoms with Crippen LogP contribution in [0.1, 0.15) is 26.2 Å². The average Bonchev–Trinajstić information content (AvgIpc) is 2.99. The first-order valence-corrected chi connectivity index (χ1v) is 5.26. The van der Waals surface area contributed by atoms with Crippen LogP contribution in [0.5, 0.6) is 0 Å². The molecule has 1 aliphatic carbocycles. The monoisotopic (exact) mass is 214 g/mol. The van der Waals surface area contributed by atoms with Crippen LogP contribution >= 0.6 is 0 Å². The number of amides is 2. The lowest BCUT2D eigenvalue weighted by Gasteiger charge is -2.21. The number of hydrogen-bond donors (Lipinski definition) is 2. The maximum Gasteiger partial charge on any atom is 0.326 e. The van der Waals surface area contributed by atoms with E-state index in [1.807, 2.05) is 0 Å². The van der Waals surface area contributed by atoms with Crippen LogP contribution in [0.2, 0.25) is 0 Å². The van der Waals surface area contributed by atoms with E-state index in [9.17, 15) is 9.59 Å². The lowest BCUT2D eigenvalue weighted by molar-refractivity contribution is -0.141. The molecule has 5 nitrogen and oxygen atoms in total. The second-order valence-corrected chi connectivity index (χ2v) is 4.09. The minimum absolute atomic E-state index is 0.314. The number of aliphatic carboxylic acids is 1. The largest absolute Gasteiger partial charge is 0.480 e. The molecular weight excluding hydrogens is 196 g/mol. The molecule has 2 amide bonds. The number of hydrogen-bond acceptors (Lipinski definition) is 2. The van der Waals surface area contributed by atoms with Gasteiger partial charge in [0.1, 0.15) is 6.04 Å². The van der Waals surface area contributed by atoms with Crippen molar-refractivity contribution in [1.82, 2.24) is 10.2 Å². The third-order valence-corrected chi connectivity index (χ3v) is 2.78. The molecule has 1 atom stereocenters. The Hall–Kier alpha value is -1.26. The van der Waals surface area contributed by atoms with Gasteiger partial charge in [-0.1, -0.05) is 12.8 Å². The van der Waals surface area contributed by atoms with E-state index in [2.05, 4.69) is 5.32 Å². The summed E-state index contributed by atoms with van der Waals surface area (Å²) < 4.78 is 0. The predicted molar refractivity (Wildman–Crippen MR) is 55.6 cm³/mol. The van der Waals surface area contributed by atoms with Gasteiger partial charge in [0.05, 0.1) is 0 Å². The third-order valence-electron chi connectivity index (χ3n) is 2.78. The molecule has 1 fully saturated rings. The molecule has 1 rings (SSSR count). The highest BCUT2D eigenvalue weighted by molar-refractivity contribution is 5.82. The number of nitrogens with one attached hydrogen (secondary N) is 1. The summed E-state index contributed by atoms with van der Waals surface area (Å²) in [4.78, 5) is 23.3. The first-order valence-electron chi connectivity index (χ1n) is 5.26. The molecule has 0 heterocycles. The van der Waals surface area contributed by atoms with E-state index in [1.165, 1.54) is 31.7 Å². The molecule has 1 saturated carbocycles. The Morgan fingerprint density at radius 3 is 2.60 bits per heavy atom. The number of rotatable bonds is 5. The number of nitrogens with zero attached hydrogens (tertiary/aromatic N) is 1. The Bertz CT molecular complexity index is 251. The molecule has 0 bridgehead atoms. The smallest absolute Gasteiger partial charge is 0.326 e. The fourth-order valence-electron chi connectivity index (χ4n) is 1.26. The molecule has 1 unspecified atom stereocenters. The SMILES string of the molecule is CC(C(=O)O)N(C)C(=O)NCCC1CC1. The number of likely N-dealkylation sites (N-methyl/N-ethyl adjacent to an activating group) is 1. The van der Waals surface area contributed by atoms with Crippen LogP contribution in [0.4, 0.5) is 4.79 Å². The van der Waals surface area contributed by atoms with Crippen molar-refractivity contribution >= 4 is 12.0 Å². The van der Waals surface area contributed by atoms with Crippen molar-refractivity contribution in [2.45, 2.75) is 32.2 Å². The zero-order valence-electron chi connectivity index (χ0n) is 9.19. The van der Waals surface area contributed by atoms with Crippen molar-refractivity contribution in [1.29, 1.82) is 0 Å². The summed E-state index contributed by atoms with van der Waals surface area (Å²) in [5.41, 5.74) is 0. The molecule has 0 aromatic heterocycles. The molecule has 0 saturated heterocycles. The minimum Gasteiger partial charge on any atom is -0.480 e.